The molecule has 1 unspecified atom stereocenters. The average molecular weight is 350 g/mol. The van der Waals surface area contributed by atoms with Crippen LogP contribution in [-0.2, 0) is 29.6 Å². The van der Waals surface area contributed by atoms with E-state index in [0.717, 1.165) is 51.9 Å². The maximum Gasteiger partial charge on any atom is 0.236 e. The van der Waals surface area contributed by atoms with Crippen molar-refractivity contribution < 1.29 is 4.79 Å². The van der Waals surface area contributed by atoms with Gasteiger partial charge in [0.1, 0.15) is 0 Å². The summed E-state index contributed by atoms with van der Waals surface area (Å²) < 4.78 is 0. The van der Waals surface area contributed by atoms with Gasteiger partial charge in [0.25, 0.3) is 0 Å². The molecule has 26 heavy (non-hydrogen) atoms. The minimum atomic E-state index is 0.119. The number of benzene rings is 1. The first-order valence-corrected chi connectivity index (χ1v) is 9.83. The average Bonchev–Trinajstić information content (AvgIpc) is 3.27. The number of hydrogen-bond acceptors (Lipinski definition) is 3. The van der Waals surface area contributed by atoms with Gasteiger partial charge >= 0.3 is 0 Å². The smallest absolute Gasteiger partial charge is 0.236 e. The molecule has 3 heterocycles. The normalized spacial score (nSPS) is 25.3. The topological polar surface area (TPSA) is 52.2 Å². The van der Waals surface area contributed by atoms with Crippen molar-refractivity contribution in [1.29, 1.82) is 0 Å². The monoisotopic (exact) mass is 350 g/mol. The van der Waals surface area contributed by atoms with E-state index < -0.39 is 0 Å². The fourth-order valence-corrected chi connectivity index (χ4v) is 5.19. The molecule has 2 aliphatic heterocycles. The van der Waals surface area contributed by atoms with Crippen molar-refractivity contribution in [2.24, 2.45) is 0 Å². The van der Waals surface area contributed by atoms with Crippen molar-refractivity contribution in [2.75, 3.05) is 26.2 Å². The van der Waals surface area contributed by atoms with E-state index in [4.69, 9.17) is 0 Å². The van der Waals surface area contributed by atoms with E-state index >= 15 is 0 Å². The number of hydrogen-bond donors (Lipinski definition) is 1. The molecule has 0 bridgehead atoms. The lowest BCUT2D eigenvalue weighted by Crippen LogP contribution is -2.51. The lowest BCUT2D eigenvalue weighted by atomic mass is 9.77. The van der Waals surface area contributed by atoms with Gasteiger partial charge in [-0.15, -0.1) is 0 Å². The lowest BCUT2D eigenvalue weighted by Gasteiger charge is -2.41. The molecular weight excluding hydrogens is 324 g/mol. The summed E-state index contributed by atoms with van der Waals surface area (Å²) >= 11 is 0. The number of carbonyl (C=O) groups is 1. The van der Waals surface area contributed by atoms with Crippen LogP contribution in [0.3, 0.4) is 0 Å². The number of likely N-dealkylation sites (tertiary alicyclic amines) is 1. The fourth-order valence-electron chi connectivity index (χ4n) is 5.19. The van der Waals surface area contributed by atoms with Gasteiger partial charge in [0, 0.05) is 37.3 Å². The van der Waals surface area contributed by atoms with Crippen molar-refractivity contribution in [3.8, 4) is 0 Å². The lowest BCUT2D eigenvalue weighted by molar-refractivity contribution is -0.135. The highest BCUT2D eigenvalue weighted by molar-refractivity contribution is 5.78. The summed E-state index contributed by atoms with van der Waals surface area (Å²) in [6.45, 7) is 4.16. The van der Waals surface area contributed by atoms with Crippen molar-refractivity contribution in [3.05, 3.63) is 52.8 Å². The second-order valence-corrected chi connectivity index (χ2v) is 8.20. The van der Waals surface area contributed by atoms with Crippen LogP contribution in [0.2, 0.25) is 0 Å². The standard InChI is InChI=1S/C21H26N4O/c26-19(14-24-11-7-16-4-1-2-5-18(16)13-24)25-10-3-8-21(15-25)9-6-17-12-22-23-20(17)21/h1-2,4-5,12H,3,6-11,13-15H2,(H,22,23). The third-order valence-corrected chi connectivity index (χ3v) is 6.62. The van der Waals surface area contributed by atoms with Crippen LogP contribution in [0.4, 0.5) is 0 Å². The molecule has 1 N–H and O–H groups in total. The number of piperidine rings is 1. The van der Waals surface area contributed by atoms with Gasteiger partial charge in [-0.1, -0.05) is 24.3 Å². The first-order valence-electron chi connectivity index (χ1n) is 9.83. The zero-order valence-electron chi connectivity index (χ0n) is 15.2. The minimum absolute atomic E-state index is 0.119. The summed E-state index contributed by atoms with van der Waals surface area (Å²) in [5.74, 6) is 0.288. The molecule has 5 nitrogen and oxygen atoms in total. The van der Waals surface area contributed by atoms with Crippen molar-refractivity contribution in [3.63, 3.8) is 0 Å². The molecule has 1 spiro atoms. The maximum atomic E-state index is 13.0. The molecule has 136 valence electrons. The van der Waals surface area contributed by atoms with Crippen LogP contribution in [0.5, 0.6) is 0 Å². The Bertz CT molecular complexity index is 829. The highest BCUT2D eigenvalue weighted by atomic mass is 16.2. The molecule has 5 rings (SSSR count). The molecule has 1 amide bonds. The maximum absolute atomic E-state index is 13.0. The zero-order chi connectivity index (χ0) is 17.6. The first-order chi connectivity index (χ1) is 12.7. The van der Waals surface area contributed by atoms with E-state index in [1.165, 1.54) is 28.8 Å². The van der Waals surface area contributed by atoms with E-state index in [1.54, 1.807) is 0 Å². The number of nitrogens with one attached hydrogen (secondary N) is 1. The Balaban J connectivity index is 1.27. The highest BCUT2D eigenvalue weighted by Crippen LogP contribution is 2.43. The summed E-state index contributed by atoms with van der Waals surface area (Å²) in [5.41, 5.74) is 5.58. The van der Waals surface area contributed by atoms with Gasteiger partial charge < -0.3 is 4.90 Å². The Morgan fingerprint density at radius 3 is 2.92 bits per heavy atom. The number of nitrogens with zero attached hydrogens (tertiary/aromatic N) is 3. The summed E-state index contributed by atoms with van der Waals surface area (Å²) in [6, 6.07) is 8.61. The molecule has 0 radical (unpaired) electrons. The molecular formula is C21H26N4O. The quantitative estimate of drug-likeness (QED) is 0.904. The minimum Gasteiger partial charge on any atom is -0.341 e. The molecule has 1 saturated heterocycles. The number of rotatable bonds is 2. The molecule has 2 aromatic rings. The Kier molecular flexibility index (Phi) is 3.85. The second-order valence-electron chi connectivity index (χ2n) is 8.20. The number of amides is 1. The third kappa shape index (κ3) is 2.65. The van der Waals surface area contributed by atoms with Crippen LogP contribution in [-0.4, -0.2) is 52.1 Å². The number of aromatic amines is 1. The predicted molar refractivity (Wildman–Crippen MR) is 99.8 cm³/mol. The molecule has 1 aromatic carbocycles. The van der Waals surface area contributed by atoms with E-state index in [1.807, 2.05) is 6.20 Å². The van der Waals surface area contributed by atoms with Gasteiger partial charge in [0.05, 0.1) is 12.7 Å². The Morgan fingerprint density at radius 2 is 2.00 bits per heavy atom. The SMILES string of the molecule is O=C(CN1CCc2ccccc2C1)N1CCCC2(CCc3cn[nH]c32)C1. The Hall–Kier alpha value is -2.14. The number of fused-ring (bicyclic) bond motifs is 3. The van der Waals surface area contributed by atoms with Gasteiger partial charge in [-0.05, 0) is 48.8 Å². The van der Waals surface area contributed by atoms with Crippen LogP contribution in [0, 0.1) is 0 Å². The summed E-state index contributed by atoms with van der Waals surface area (Å²) in [5, 5.41) is 7.47. The van der Waals surface area contributed by atoms with Crippen molar-refractivity contribution in [1.82, 2.24) is 20.0 Å². The van der Waals surface area contributed by atoms with E-state index in [9.17, 15) is 4.79 Å². The fraction of sp³-hybridized carbons (Fsp3) is 0.524. The summed E-state index contributed by atoms with van der Waals surface area (Å²) in [4.78, 5) is 17.4. The summed E-state index contributed by atoms with van der Waals surface area (Å²) in [7, 11) is 0. The van der Waals surface area contributed by atoms with Crippen LogP contribution < -0.4 is 0 Å². The van der Waals surface area contributed by atoms with Crippen molar-refractivity contribution in [2.45, 2.75) is 44.1 Å². The summed E-state index contributed by atoms with van der Waals surface area (Å²) in [6.07, 6.45) is 7.52. The van der Waals surface area contributed by atoms with Crippen LogP contribution in [0.25, 0.3) is 0 Å². The first kappa shape index (κ1) is 16.1. The number of H-pyrrole nitrogens is 1. The van der Waals surface area contributed by atoms with Gasteiger partial charge in [0.2, 0.25) is 5.91 Å². The zero-order valence-corrected chi connectivity index (χ0v) is 15.2. The third-order valence-electron chi connectivity index (χ3n) is 6.62. The van der Waals surface area contributed by atoms with Gasteiger partial charge in [-0.25, -0.2) is 0 Å². The number of aromatic nitrogens is 2. The molecule has 0 saturated carbocycles. The van der Waals surface area contributed by atoms with E-state index in [-0.39, 0.29) is 11.3 Å². The number of carbonyl (C=O) groups excluding carboxylic acids is 1. The molecule has 1 fully saturated rings. The van der Waals surface area contributed by atoms with Crippen LogP contribution in [0.15, 0.2) is 30.5 Å². The van der Waals surface area contributed by atoms with Gasteiger partial charge in [0.15, 0.2) is 0 Å². The van der Waals surface area contributed by atoms with E-state index in [2.05, 4.69) is 44.3 Å². The van der Waals surface area contributed by atoms with Crippen LogP contribution in [0.1, 0.15) is 41.6 Å². The molecule has 3 aliphatic rings. The second kappa shape index (κ2) is 6.23. The van der Waals surface area contributed by atoms with Crippen molar-refractivity contribution >= 4 is 5.91 Å². The molecule has 1 aromatic heterocycles. The molecule has 5 heteroatoms. The largest absolute Gasteiger partial charge is 0.341 e. The Labute approximate surface area is 154 Å². The highest BCUT2D eigenvalue weighted by Gasteiger charge is 2.44. The molecule has 1 atom stereocenters. The van der Waals surface area contributed by atoms with Crippen LogP contribution >= 0.6 is 0 Å². The van der Waals surface area contributed by atoms with Gasteiger partial charge in [-0.2, -0.15) is 5.10 Å². The Morgan fingerprint density at radius 1 is 1.12 bits per heavy atom. The molecule has 1 aliphatic carbocycles. The predicted octanol–water partition coefficient (Wildman–Crippen LogP) is 2.27. The van der Waals surface area contributed by atoms with E-state index in [0.29, 0.717) is 6.54 Å². The van der Waals surface area contributed by atoms with Gasteiger partial charge in [-0.3, -0.25) is 14.8 Å². The number of aryl methyl sites for hydroxylation is 1.